The zero-order valence-corrected chi connectivity index (χ0v) is 17.1. The Hall–Kier alpha value is -0.790. The Morgan fingerprint density at radius 3 is 2.67 bits per heavy atom. The predicted molar refractivity (Wildman–Crippen MR) is 111 cm³/mol. The van der Waals surface area contributed by atoms with Crippen molar-refractivity contribution < 1.29 is 14.9 Å². The van der Waals surface area contributed by atoms with Gasteiger partial charge < -0.3 is 20.3 Å². The second-order valence-corrected chi connectivity index (χ2v) is 9.10. The summed E-state index contributed by atoms with van der Waals surface area (Å²) in [7, 11) is 0. The van der Waals surface area contributed by atoms with Gasteiger partial charge in [-0.1, -0.05) is 37.5 Å². The Labute approximate surface area is 167 Å². The van der Waals surface area contributed by atoms with Crippen LogP contribution < -0.4 is 10.1 Å². The molecule has 1 atom stereocenters. The number of aliphatic hydroxyl groups is 2. The van der Waals surface area contributed by atoms with Crippen molar-refractivity contribution in [3.8, 4) is 5.75 Å². The Balaban J connectivity index is 1.43. The molecule has 0 amide bonds. The molecule has 1 saturated carbocycles. The average Bonchev–Trinajstić information content (AvgIpc) is 2.68. The van der Waals surface area contributed by atoms with Crippen LogP contribution in [0.3, 0.4) is 0 Å². The Morgan fingerprint density at radius 2 is 1.89 bits per heavy atom. The molecule has 0 spiro atoms. The molecule has 1 unspecified atom stereocenters. The molecule has 5 nitrogen and oxygen atoms in total. The lowest BCUT2D eigenvalue weighted by Crippen LogP contribution is -2.42. The van der Waals surface area contributed by atoms with Crippen LogP contribution in [-0.4, -0.2) is 71.1 Å². The van der Waals surface area contributed by atoms with Crippen LogP contribution in [0.4, 0.5) is 0 Å². The van der Waals surface area contributed by atoms with Crippen LogP contribution >= 0.6 is 11.8 Å². The number of hydrogen-bond donors (Lipinski definition) is 3. The lowest BCUT2D eigenvalue weighted by atomic mass is 9.85. The van der Waals surface area contributed by atoms with E-state index in [1.165, 1.54) is 6.42 Å². The summed E-state index contributed by atoms with van der Waals surface area (Å²) in [5.74, 6) is 3.11. The van der Waals surface area contributed by atoms with Gasteiger partial charge in [0, 0.05) is 49.8 Å². The van der Waals surface area contributed by atoms with Gasteiger partial charge in [0.15, 0.2) is 0 Å². The fraction of sp³-hybridized carbons (Fsp3) is 0.714. The lowest BCUT2D eigenvalue weighted by Gasteiger charge is -2.32. The molecular formula is C21H34N2O3S. The number of nitrogens with one attached hydrogen (secondary N) is 1. The van der Waals surface area contributed by atoms with E-state index < -0.39 is 11.7 Å². The number of aliphatic hydroxyl groups excluding tert-OH is 1. The molecule has 1 saturated heterocycles. The van der Waals surface area contributed by atoms with Crippen molar-refractivity contribution in [2.75, 3.05) is 44.3 Å². The van der Waals surface area contributed by atoms with E-state index in [2.05, 4.69) is 10.2 Å². The van der Waals surface area contributed by atoms with Crippen molar-refractivity contribution in [2.45, 2.75) is 50.4 Å². The standard InChI is InChI=1S/C21H34N2O3S/c24-19(15-23-10-12-27-13-11-23)16-26-20-7-3-2-6-18(20)14-22-17-21(25)8-4-1-5-9-21/h2-3,6-7,19,22,24-25H,1,4-5,8-17H2. The van der Waals surface area contributed by atoms with Crippen LogP contribution in [0.25, 0.3) is 0 Å². The minimum Gasteiger partial charge on any atom is -0.491 e. The van der Waals surface area contributed by atoms with E-state index in [-0.39, 0.29) is 0 Å². The van der Waals surface area contributed by atoms with Crippen molar-refractivity contribution in [1.29, 1.82) is 0 Å². The van der Waals surface area contributed by atoms with Crippen molar-refractivity contribution in [3.63, 3.8) is 0 Å². The zero-order chi connectivity index (χ0) is 19.0. The third-order valence-corrected chi connectivity index (χ3v) is 6.47. The molecule has 1 aliphatic heterocycles. The highest BCUT2D eigenvalue weighted by atomic mass is 32.2. The minimum atomic E-state index is -0.559. The lowest BCUT2D eigenvalue weighted by molar-refractivity contribution is 0.00461. The van der Waals surface area contributed by atoms with Crippen LogP contribution in [0.2, 0.25) is 0 Å². The number of hydrogen-bond acceptors (Lipinski definition) is 6. The van der Waals surface area contributed by atoms with Crippen LogP contribution in [0.15, 0.2) is 24.3 Å². The van der Waals surface area contributed by atoms with Gasteiger partial charge in [0.1, 0.15) is 18.5 Å². The molecule has 1 aromatic carbocycles. The van der Waals surface area contributed by atoms with Gasteiger partial charge in [-0.05, 0) is 18.9 Å². The van der Waals surface area contributed by atoms with Crippen molar-refractivity contribution in [1.82, 2.24) is 10.2 Å². The second kappa shape index (κ2) is 10.7. The maximum atomic E-state index is 10.6. The smallest absolute Gasteiger partial charge is 0.123 e. The van der Waals surface area contributed by atoms with Gasteiger partial charge in [0.25, 0.3) is 0 Å². The van der Waals surface area contributed by atoms with Crippen LogP contribution in [0.1, 0.15) is 37.7 Å². The Morgan fingerprint density at radius 1 is 1.15 bits per heavy atom. The SMILES string of the molecule is OC(COc1ccccc1CNCC1(O)CCCCC1)CN1CCSCC1. The number of benzene rings is 1. The Kier molecular flexibility index (Phi) is 8.27. The molecule has 27 heavy (non-hydrogen) atoms. The molecule has 0 radical (unpaired) electrons. The van der Waals surface area contributed by atoms with Gasteiger partial charge in [-0.3, -0.25) is 4.90 Å². The maximum Gasteiger partial charge on any atom is 0.123 e. The number of β-amino-alcohol motifs (C(OH)–C–C–N with tert-alkyl or cyclic N) is 1. The first kappa shape index (κ1) is 20.9. The van der Waals surface area contributed by atoms with Gasteiger partial charge in [0.05, 0.1) is 5.60 Å². The molecular weight excluding hydrogens is 360 g/mol. The molecule has 3 N–H and O–H groups in total. The fourth-order valence-electron chi connectivity index (χ4n) is 3.93. The summed E-state index contributed by atoms with van der Waals surface area (Å²) in [5, 5.41) is 24.3. The molecule has 1 heterocycles. The topological polar surface area (TPSA) is 65.0 Å². The third kappa shape index (κ3) is 6.95. The van der Waals surface area contributed by atoms with Crippen LogP contribution in [0.5, 0.6) is 5.75 Å². The van der Waals surface area contributed by atoms with E-state index in [4.69, 9.17) is 4.74 Å². The van der Waals surface area contributed by atoms with Crippen LogP contribution in [-0.2, 0) is 6.54 Å². The number of nitrogens with zero attached hydrogens (tertiary/aromatic N) is 1. The maximum absolute atomic E-state index is 10.6. The highest BCUT2D eigenvalue weighted by molar-refractivity contribution is 7.99. The van der Waals surface area contributed by atoms with Gasteiger partial charge in [-0.2, -0.15) is 11.8 Å². The van der Waals surface area contributed by atoms with Gasteiger partial charge >= 0.3 is 0 Å². The van der Waals surface area contributed by atoms with Gasteiger partial charge in [-0.25, -0.2) is 0 Å². The first-order valence-corrected chi connectivity index (χ1v) is 11.4. The minimum absolute atomic E-state index is 0.310. The number of para-hydroxylation sites is 1. The Bertz CT molecular complexity index is 560. The number of ether oxygens (including phenoxy) is 1. The summed E-state index contributed by atoms with van der Waals surface area (Å²) in [5.41, 5.74) is 0.509. The van der Waals surface area contributed by atoms with Crippen LogP contribution in [0, 0.1) is 0 Å². The summed E-state index contributed by atoms with van der Waals surface area (Å²) in [6, 6.07) is 7.96. The van der Waals surface area contributed by atoms with E-state index >= 15 is 0 Å². The summed E-state index contributed by atoms with van der Waals surface area (Å²) < 4.78 is 5.92. The van der Waals surface area contributed by atoms with E-state index in [1.54, 1.807) is 0 Å². The summed E-state index contributed by atoms with van der Waals surface area (Å²) in [4.78, 5) is 2.31. The quantitative estimate of drug-likeness (QED) is 0.597. The molecule has 3 rings (SSSR count). The fourth-order valence-corrected chi connectivity index (χ4v) is 4.91. The highest BCUT2D eigenvalue weighted by Crippen LogP contribution is 2.27. The molecule has 0 aromatic heterocycles. The van der Waals surface area contributed by atoms with Crippen molar-refractivity contribution in [2.24, 2.45) is 0 Å². The summed E-state index contributed by atoms with van der Waals surface area (Å²) in [6.07, 6.45) is 4.77. The van der Waals surface area contributed by atoms with E-state index in [9.17, 15) is 10.2 Å². The highest BCUT2D eigenvalue weighted by Gasteiger charge is 2.28. The van der Waals surface area contributed by atoms with Crippen molar-refractivity contribution >= 4 is 11.8 Å². The van der Waals surface area contributed by atoms with E-state index in [1.807, 2.05) is 36.0 Å². The van der Waals surface area contributed by atoms with Gasteiger partial charge in [-0.15, -0.1) is 0 Å². The molecule has 6 heteroatoms. The third-order valence-electron chi connectivity index (χ3n) is 5.53. The average molecular weight is 395 g/mol. The number of rotatable bonds is 9. The molecule has 2 aliphatic rings. The first-order chi connectivity index (χ1) is 13.1. The molecule has 1 aliphatic carbocycles. The molecule has 0 bridgehead atoms. The largest absolute Gasteiger partial charge is 0.491 e. The van der Waals surface area contributed by atoms with Gasteiger partial charge in [0.2, 0.25) is 0 Å². The molecule has 1 aromatic rings. The zero-order valence-electron chi connectivity index (χ0n) is 16.2. The first-order valence-electron chi connectivity index (χ1n) is 10.3. The molecule has 152 valence electrons. The second-order valence-electron chi connectivity index (χ2n) is 7.87. The van der Waals surface area contributed by atoms with Crippen molar-refractivity contribution in [3.05, 3.63) is 29.8 Å². The predicted octanol–water partition coefficient (Wildman–Crippen LogP) is 2.26. The normalized spacial score (nSPS) is 21.7. The van der Waals surface area contributed by atoms with E-state index in [0.717, 1.165) is 61.6 Å². The number of thioether (sulfide) groups is 1. The molecule has 2 fully saturated rings. The van der Waals surface area contributed by atoms with E-state index in [0.29, 0.717) is 26.2 Å². The summed E-state index contributed by atoms with van der Waals surface area (Å²) in [6.45, 7) is 4.36. The monoisotopic (exact) mass is 394 g/mol. The summed E-state index contributed by atoms with van der Waals surface area (Å²) >= 11 is 1.98.